The van der Waals surface area contributed by atoms with Gasteiger partial charge in [0.25, 0.3) is 11.6 Å². The molecule has 10 heteroatoms. The van der Waals surface area contributed by atoms with Crippen LogP contribution in [0.1, 0.15) is 10.4 Å². The van der Waals surface area contributed by atoms with Crippen LogP contribution in [0.3, 0.4) is 0 Å². The third-order valence-corrected chi connectivity index (χ3v) is 5.28. The van der Waals surface area contributed by atoms with Crippen LogP contribution < -0.4 is 14.3 Å². The first-order valence-corrected chi connectivity index (χ1v) is 9.38. The molecule has 1 aromatic heterocycles. The van der Waals surface area contributed by atoms with Gasteiger partial charge in [-0.2, -0.15) is 4.99 Å². The maximum atomic E-state index is 13.0. The molecule has 0 aliphatic heterocycles. The number of nitro groups is 1. The van der Waals surface area contributed by atoms with E-state index >= 15 is 0 Å². The van der Waals surface area contributed by atoms with Gasteiger partial charge in [-0.3, -0.25) is 14.9 Å². The number of carbonyl (C=O) groups is 1. The molecular formula is C19H19N3O6S. The van der Waals surface area contributed by atoms with Crippen molar-refractivity contribution in [2.75, 3.05) is 27.9 Å². The van der Waals surface area contributed by atoms with Crippen LogP contribution in [0.5, 0.6) is 11.5 Å². The second-order valence-corrected chi connectivity index (χ2v) is 6.90. The molecule has 0 aliphatic carbocycles. The zero-order valence-corrected chi connectivity index (χ0v) is 16.9. The Morgan fingerprint density at radius 1 is 1.17 bits per heavy atom. The second-order valence-electron chi connectivity index (χ2n) is 5.89. The lowest BCUT2D eigenvalue weighted by molar-refractivity contribution is -0.384. The molecule has 1 amide bonds. The molecule has 0 spiro atoms. The van der Waals surface area contributed by atoms with Gasteiger partial charge in [-0.15, -0.1) is 0 Å². The highest BCUT2D eigenvalue weighted by Gasteiger charge is 2.19. The third-order valence-electron chi connectivity index (χ3n) is 4.24. The summed E-state index contributed by atoms with van der Waals surface area (Å²) in [5.74, 6) is 0.156. The number of ether oxygens (including phenoxy) is 3. The van der Waals surface area contributed by atoms with Gasteiger partial charge in [0, 0.05) is 25.8 Å². The topological polar surface area (TPSA) is 105 Å². The number of nitrogens with zero attached hydrogens (tertiary/aromatic N) is 3. The number of non-ortho nitro benzene ring substituents is 1. The van der Waals surface area contributed by atoms with Crippen molar-refractivity contribution in [2.24, 2.45) is 4.99 Å². The molecule has 0 bridgehead atoms. The Labute approximate surface area is 169 Å². The number of nitro benzene ring substituents is 1. The zero-order chi connectivity index (χ0) is 21.0. The molecule has 0 fully saturated rings. The molecule has 0 radical (unpaired) electrons. The SMILES string of the molecule is COCCn1c(=NC(=O)c2c(OC)cccc2OC)sc2cc([N+](=O)[O-])ccc21. The van der Waals surface area contributed by atoms with Crippen molar-refractivity contribution in [3.8, 4) is 11.5 Å². The van der Waals surface area contributed by atoms with Crippen LogP contribution >= 0.6 is 11.3 Å². The van der Waals surface area contributed by atoms with E-state index < -0.39 is 10.8 Å². The van der Waals surface area contributed by atoms with Crippen molar-refractivity contribution in [3.05, 3.63) is 56.9 Å². The van der Waals surface area contributed by atoms with E-state index in [1.54, 1.807) is 35.9 Å². The quantitative estimate of drug-likeness (QED) is 0.432. The van der Waals surface area contributed by atoms with Crippen molar-refractivity contribution in [1.29, 1.82) is 0 Å². The second kappa shape index (κ2) is 8.84. The van der Waals surface area contributed by atoms with E-state index in [0.717, 1.165) is 5.52 Å². The van der Waals surface area contributed by atoms with Crippen LogP contribution in [0.25, 0.3) is 10.2 Å². The Morgan fingerprint density at radius 3 is 2.45 bits per heavy atom. The maximum Gasteiger partial charge on any atom is 0.287 e. The highest BCUT2D eigenvalue weighted by molar-refractivity contribution is 7.16. The summed E-state index contributed by atoms with van der Waals surface area (Å²) in [6.45, 7) is 0.825. The molecule has 0 atom stereocenters. The molecule has 1 heterocycles. The first-order valence-electron chi connectivity index (χ1n) is 8.57. The van der Waals surface area contributed by atoms with Gasteiger partial charge in [0.05, 0.1) is 36.0 Å². The smallest absolute Gasteiger partial charge is 0.287 e. The van der Waals surface area contributed by atoms with Gasteiger partial charge in [-0.1, -0.05) is 17.4 Å². The fraction of sp³-hybridized carbons (Fsp3) is 0.263. The molecule has 0 saturated carbocycles. The van der Waals surface area contributed by atoms with Crippen LogP contribution in [-0.4, -0.2) is 43.3 Å². The standard InChI is InChI=1S/C19H19N3O6S/c1-26-10-9-21-13-8-7-12(22(24)25)11-16(13)29-19(21)20-18(23)17-14(27-2)5-4-6-15(17)28-3/h4-8,11H,9-10H2,1-3H3. The minimum absolute atomic E-state index is 0.0260. The third kappa shape index (κ3) is 4.13. The van der Waals surface area contributed by atoms with Crippen LogP contribution in [-0.2, 0) is 11.3 Å². The van der Waals surface area contributed by atoms with E-state index in [2.05, 4.69) is 4.99 Å². The van der Waals surface area contributed by atoms with Crippen LogP contribution in [0.15, 0.2) is 41.4 Å². The van der Waals surface area contributed by atoms with E-state index in [1.807, 2.05) is 0 Å². The summed E-state index contributed by atoms with van der Waals surface area (Å²) >= 11 is 1.19. The molecule has 29 heavy (non-hydrogen) atoms. The minimum Gasteiger partial charge on any atom is -0.496 e. The molecule has 2 aromatic carbocycles. The molecule has 9 nitrogen and oxygen atoms in total. The average molecular weight is 417 g/mol. The normalized spacial score (nSPS) is 11.6. The Hall–Kier alpha value is -3.24. The van der Waals surface area contributed by atoms with Crippen LogP contribution in [0.4, 0.5) is 5.69 Å². The summed E-state index contributed by atoms with van der Waals surface area (Å²) in [6.07, 6.45) is 0. The Kier molecular flexibility index (Phi) is 6.25. The summed E-state index contributed by atoms with van der Waals surface area (Å²) in [5.41, 5.74) is 0.914. The van der Waals surface area contributed by atoms with Crippen molar-refractivity contribution < 1.29 is 23.9 Å². The molecule has 0 saturated heterocycles. The summed E-state index contributed by atoms with van der Waals surface area (Å²) in [5, 5.41) is 11.1. The van der Waals surface area contributed by atoms with E-state index in [-0.39, 0.29) is 11.3 Å². The van der Waals surface area contributed by atoms with Gasteiger partial charge in [0.15, 0.2) is 4.80 Å². The summed E-state index contributed by atoms with van der Waals surface area (Å²) in [4.78, 5) is 28.3. The predicted molar refractivity (Wildman–Crippen MR) is 108 cm³/mol. The molecule has 0 aliphatic rings. The van der Waals surface area contributed by atoms with E-state index in [9.17, 15) is 14.9 Å². The van der Waals surface area contributed by atoms with Crippen LogP contribution in [0.2, 0.25) is 0 Å². The van der Waals surface area contributed by atoms with Gasteiger partial charge in [-0.25, -0.2) is 0 Å². The molecule has 3 aromatic rings. The molecule has 0 N–H and O–H groups in total. The number of carbonyl (C=O) groups excluding carboxylic acids is 1. The number of amides is 1. The van der Waals surface area contributed by atoms with E-state index in [4.69, 9.17) is 14.2 Å². The van der Waals surface area contributed by atoms with Gasteiger partial charge in [0.2, 0.25) is 0 Å². The van der Waals surface area contributed by atoms with Crippen molar-refractivity contribution in [3.63, 3.8) is 0 Å². The number of aromatic nitrogens is 1. The Morgan fingerprint density at radius 2 is 1.86 bits per heavy atom. The lowest BCUT2D eigenvalue weighted by atomic mass is 10.1. The highest BCUT2D eigenvalue weighted by atomic mass is 32.1. The van der Waals surface area contributed by atoms with Gasteiger partial charge in [-0.05, 0) is 18.2 Å². The van der Waals surface area contributed by atoms with Crippen molar-refractivity contribution in [2.45, 2.75) is 6.54 Å². The number of thiazole rings is 1. The number of hydrogen-bond donors (Lipinski definition) is 0. The fourth-order valence-corrected chi connectivity index (χ4v) is 3.95. The van der Waals surface area contributed by atoms with Crippen molar-refractivity contribution >= 4 is 33.1 Å². The fourth-order valence-electron chi connectivity index (χ4n) is 2.86. The molecular weight excluding hydrogens is 398 g/mol. The Balaban J connectivity index is 2.19. The zero-order valence-electron chi connectivity index (χ0n) is 16.1. The summed E-state index contributed by atoms with van der Waals surface area (Å²) in [6, 6.07) is 9.55. The highest BCUT2D eigenvalue weighted by Crippen LogP contribution is 2.29. The van der Waals surface area contributed by atoms with Gasteiger partial charge < -0.3 is 18.8 Å². The molecule has 152 valence electrons. The number of hydrogen-bond acceptors (Lipinski definition) is 7. The minimum atomic E-state index is -0.536. The first-order chi connectivity index (χ1) is 14.0. The average Bonchev–Trinajstić information content (AvgIpc) is 3.07. The van der Waals surface area contributed by atoms with E-state index in [0.29, 0.717) is 34.2 Å². The molecule has 3 rings (SSSR count). The monoisotopic (exact) mass is 417 g/mol. The lowest BCUT2D eigenvalue weighted by Gasteiger charge is -2.09. The number of rotatable bonds is 7. The van der Waals surface area contributed by atoms with Crippen LogP contribution in [0, 0.1) is 10.1 Å². The maximum absolute atomic E-state index is 13.0. The van der Waals surface area contributed by atoms with Gasteiger partial charge in [0.1, 0.15) is 17.1 Å². The number of fused-ring (bicyclic) bond motifs is 1. The van der Waals surface area contributed by atoms with Gasteiger partial charge >= 0.3 is 0 Å². The Bertz CT molecular complexity index is 1110. The van der Waals surface area contributed by atoms with Crippen molar-refractivity contribution in [1.82, 2.24) is 4.57 Å². The molecule has 0 unspecified atom stereocenters. The summed E-state index contributed by atoms with van der Waals surface area (Å²) in [7, 11) is 4.49. The van der Waals surface area contributed by atoms with E-state index in [1.165, 1.54) is 37.7 Å². The number of methoxy groups -OCH3 is 3. The first kappa shape index (κ1) is 20.5. The lowest BCUT2D eigenvalue weighted by Crippen LogP contribution is -2.19. The summed E-state index contributed by atoms with van der Waals surface area (Å²) < 4.78 is 18.2. The predicted octanol–water partition coefficient (Wildman–Crippen LogP) is 3.02. The largest absolute Gasteiger partial charge is 0.496 e. The number of benzene rings is 2.